The first kappa shape index (κ1) is 14.9. The molecule has 0 nitrogen and oxygen atoms in total. The van der Waals surface area contributed by atoms with Crippen LogP contribution in [0.4, 0.5) is 7.25 Å². The van der Waals surface area contributed by atoms with Crippen molar-refractivity contribution in [1.82, 2.24) is 0 Å². The minimum atomic E-state index is -2.94. The molecule has 0 radical (unpaired) electrons. The van der Waals surface area contributed by atoms with Gasteiger partial charge < -0.3 is 0 Å². The summed E-state index contributed by atoms with van der Waals surface area (Å²) in [7, 11) is 0. The second kappa shape index (κ2) is 8.03. The van der Waals surface area contributed by atoms with Gasteiger partial charge in [-0.15, -0.1) is 0 Å². The summed E-state index contributed by atoms with van der Waals surface area (Å²) in [6.45, 7) is 1.95. The molecule has 0 atom stereocenters. The van der Waals surface area contributed by atoms with Crippen LogP contribution >= 0.6 is 32.0 Å². The van der Waals surface area contributed by atoms with Crippen molar-refractivity contribution in [2.24, 2.45) is 0 Å². The van der Waals surface area contributed by atoms with E-state index in [2.05, 4.69) is 0 Å². The van der Waals surface area contributed by atoms with Crippen molar-refractivity contribution in [1.29, 1.82) is 0 Å². The quantitative estimate of drug-likeness (QED) is 0.337. The minimum absolute atomic E-state index is 0.302. The molecule has 1 aromatic carbocycles. The van der Waals surface area contributed by atoms with Crippen LogP contribution in [0, 0.1) is 10.5 Å². The van der Waals surface area contributed by atoms with Crippen LogP contribution in [0.2, 0.25) is 0 Å². The fourth-order valence-corrected chi connectivity index (χ4v) is 3.76. The van der Waals surface area contributed by atoms with E-state index in [9.17, 15) is 7.25 Å². The molecular weight excluding hydrogens is 356 g/mol. The fourth-order valence-electron chi connectivity index (χ4n) is 1.26. The Morgan fingerprint density at radius 2 is 1.94 bits per heavy atom. The zero-order valence-electron chi connectivity index (χ0n) is 9.73. The first-order chi connectivity index (χ1) is 8.13. The zero-order chi connectivity index (χ0) is 12.7. The van der Waals surface area contributed by atoms with Crippen LogP contribution in [-0.2, 0) is 0 Å². The van der Waals surface area contributed by atoms with Gasteiger partial charge >= 0.3 is 115 Å². The Morgan fingerprint density at radius 3 is 2.53 bits per heavy atom. The third-order valence-electron chi connectivity index (χ3n) is 2.23. The van der Waals surface area contributed by atoms with E-state index < -0.39 is 20.4 Å². The third-order valence-corrected chi connectivity index (χ3v) is 5.63. The van der Waals surface area contributed by atoms with Crippen molar-refractivity contribution in [2.45, 2.75) is 26.2 Å². The summed E-state index contributed by atoms with van der Waals surface area (Å²) < 4.78 is 29.0. The van der Waals surface area contributed by atoms with E-state index in [4.69, 9.17) is 11.6 Å². The van der Waals surface area contributed by atoms with Gasteiger partial charge in [-0.2, -0.15) is 0 Å². The summed E-state index contributed by atoms with van der Waals surface area (Å²) in [5, 5.41) is 0. The average molecular weight is 373 g/mol. The van der Waals surface area contributed by atoms with Gasteiger partial charge in [-0.3, -0.25) is 0 Å². The Kier molecular flexibility index (Phi) is 7.04. The molecule has 1 aromatic rings. The van der Waals surface area contributed by atoms with E-state index in [0.717, 1.165) is 12.0 Å². The molecule has 96 valence electrons. The molecule has 0 bridgehead atoms. The molecule has 0 unspecified atom stereocenters. The van der Waals surface area contributed by atoms with Gasteiger partial charge in [0, 0.05) is 0 Å². The van der Waals surface area contributed by atoms with Crippen molar-refractivity contribution in [2.75, 3.05) is 5.88 Å². The van der Waals surface area contributed by atoms with Gasteiger partial charge in [0.05, 0.1) is 0 Å². The van der Waals surface area contributed by atoms with Crippen LogP contribution in [0.1, 0.15) is 24.8 Å². The van der Waals surface area contributed by atoms with Gasteiger partial charge in [-0.1, -0.05) is 0 Å². The number of allylic oxidation sites excluding steroid dienone is 1. The Balaban J connectivity index is 2.54. The number of hydrogen-bond acceptors (Lipinski definition) is 0. The normalized spacial score (nSPS) is 12.7. The second-order valence-electron chi connectivity index (χ2n) is 3.76. The fraction of sp³-hybridized carbons (Fsp3) is 0.385. The number of hydrogen-bond donors (Lipinski definition) is 0. The van der Waals surface area contributed by atoms with E-state index in [1.807, 2.05) is 19.1 Å². The monoisotopic (exact) mass is 372 g/mol. The molecule has 0 amide bonds. The van der Waals surface area contributed by atoms with E-state index in [1.54, 1.807) is 12.1 Å². The van der Waals surface area contributed by atoms with Gasteiger partial charge in [0.15, 0.2) is 0 Å². The van der Waals surface area contributed by atoms with Crippen molar-refractivity contribution in [3.05, 3.63) is 43.3 Å². The predicted molar refractivity (Wildman–Crippen MR) is 78.8 cm³/mol. The molecule has 4 heteroatoms. The van der Waals surface area contributed by atoms with Gasteiger partial charge in [-0.05, 0) is 0 Å². The summed E-state index contributed by atoms with van der Waals surface area (Å²) in [6.07, 6.45) is 1.76. The number of alkyl halides is 1. The van der Waals surface area contributed by atoms with Crippen LogP contribution in [0.25, 0.3) is 0 Å². The first-order valence-electron chi connectivity index (χ1n) is 5.47. The summed E-state index contributed by atoms with van der Waals surface area (Å²) in [5.41, 5.74) is 1.09. The SMILES string of the molecule is Cc1ccc(I(F)/C=C(/F)CCCCCl)cc1. The Morgan fingerprint density at radius 1 is 1.29 bits per heavy atom. The number of aryl methyl sites for hydroxylation is 1. The van der Waals surface area contributed by atoms with Crippen molar-refractivity contribution >= 4 is 32.0 Å². The van der Waals surface area contributed by atoms with Gasteiger partial charge in [-0.25, -0.2) is 0 Å². The molecule has 0 fully saturated rings. The number of rotatable bonds is 6. The van der Waals surface area contributed by atoms with Gasteiger partial charge in [0.2, 0.25) is 0 Å². The predicted octanol–water partition coefficient (Wildman–Crippen LogP) is 5.78. The number of unbranched alkanes of at least 4 members (excludes halogenated alkanes) is 1. The first-order valence-corrected chi connectivity index (χ1v) is 9.14. The topological polar surface area (TPSA) is 0 Å². The maximum atomic E-state index is 13.8. The Hall–Kier alpha value is -0.160. The van der Waals surface area contributed by atoms with E-state index in [-0.39, 0.29) is 5.83 Å². The van der Waals surface area contributed by atoms with E-state index >= 15 is 0 Å². The van der Waals surface area contributed by atoms with Crippen molar-refractivity contribution in [3.63, 3.8) is 0 Å². The molecule has 0 spiro atoms. The van der Waals surface area contributed by atoms with Crippen LogP contribution < -0.4 is 0 Å². The molecule has 1 rings (SSSR count). The standard InChI is InChI=1S/C13H16ClF2I/c1-11-5-7-13(8-6-11)17(16)10-12(15)4-2-3-9-14/h5-8,10H,2-4,9H2,1H3/b12-10+. The van der Waals surface area contributed by atoms with Crippen molar-refractivity contribution < 1.29 is 7.25 Å². The summed E-state index contributed by atoms with van der Waals surface area (Å²) in [5.74, 6) is 0.201. The van der Waals surface area contributed by atoms with E-state index in [1.165, 1.54) is 4.08 Å². The summed E-state index contributed by atoms with van der Waals surface area (Å²) in [4.78, 5) is 0. The molecule has 17 heavy (non-hydrogen) atoms. The number of halogens is 4. The molecule has 0 heterocycles. The molecule has 0 aromatic heterocycles. The van der Waals surface area contributed by atoms with Crippen molar-refractivity contribution in [3.8, 4) is 0 Å². The van der Waals surface area contributed by atoms with Gasteiger partial charge in [0.25, 0.3) is 0 Å². The van der Waals surface area contributed by atoms with Crippen LogP contribution in [0.3, 0.4) is 0 Å². The molecule has 0 N–H and O–H groups in total. The molecular formula is C13H16ClF2I. The third kappa shape index (κ3) is 5.82. The Bertz CT molecular complexity index is 362. The zero-order valence-corrected chi connectivity index (χ0v) is 12.6. The van der Waals surface area contributed by atoms with Crippen LogP contribution in [0.5, 0.6) is 0 Å². The molecule has 0 saturated heterocycles. The van der Waals surface area contributed by atoms with Crippen LogP contribution in [0.15, 0.2) is 34.2 Å². The molecule has 0 aliphatic carbocycles. The molecule has 0 aliphatic rings. The van der Waals surface area contributed by atoms with Gasteiger partial charge in [0.1, 0.15) is 0 Å². The maximum absolute atomic E-state index is 13.8. The van der Waals surface area contributed by atoms with E-state index in [0.29, 0.717) is 22.3 Å². The summed E-state index contributed by atoms with van der Waals surface area (Å²) >= 11 is 2.56. The molecule has 0 saturated carbocycles. The molecule has 0 aliphatic heterocycles. The second-order valence-corrected chi connectivity index (χ2v) is 7.51. The Labute approximate surface area is 114 Å². The summed E-state index contributed by atoms with van der Waals surface area (Å²) in [6, 6.07) is 7.22. The number of benzene rings is 1. The average Bonchev–Trinajstić information content (AvgIpc) is 2.30. The van der Waals surface area contributed by atoms with Crippen LogP contribution in [-0.4, -0.2) is 5.88 Å².